The summed E-state index contributed by atoms with van der Waals surface area (Å²) in [7, 11) is 0. The molecule has 1 heterocycles. The summed E-state index contributed by atoms with van der Waals surface area (Å²) in [6, 6.07) is 5.38. The van der Waals surface area contributed by atoms with Crippen molar-refractivity contribution in [2.45, 2.75) is 38.3 Å². The van der Waals surface area contributed by atoms with E-state index in [1.54, 1.807) is 6.07 Å². The molecule has 1 aliphatic heterocycles. The summed E-state index contributed by atoms with van der Waals surface area (Å²) in [4.78, 5) is 6.74. The van der Waals surface area contributed by atoms with Crippen LogP contribution in [0.4, 0.5) is 0 Å². The van der Waals surface area contributed by atoms with Crippen molar-refractivity contribution in [2.75, 3.05) is 26.2 Å². The molecule has 1 aliphatic rings. The Hall–Kier alpha value is -1.01. The number of piperidine rings is 1. The van der Waals surface area contributed by atoms with Crippen LogP contribution in [0.1, 0.15) is 37.8 Å². The predicted molar refractivity (Wildman–Crippen MR) is 101 cm³/mol. The van der Waals surface area contributed by atoms with Crippen LogP contribution in [0.3, 0.4) is 0 Å². The van der Waals surface area contributed by atoms with E-state index in [0.717, 1.165) is 44.5 Å². The van der Waals surface area contributed by atoms with E-state index in [1.807, 2.05) is 19.1 Å². The Morgan fingerprint density at radius 2 is 2.12 bits per heavy atom. The van der Waals surface area contributed by atoms with Gasteiger partial charge in [0, 0.05) is 29.7 Å². The molecule has 1 saturated heterocycles. The van der Waals surface area contributed by atoms with Gasteiger partial charge in [-0.25, -0.2) is 0 Å². The van der Waals surface area contributed by atoms with Crippen LogP contribution in [0.2, 0.25) is 10.0 Å². The van der Waals surface area contributed by atoms with E-state index in [9.17, 15) is 5.11 Å². The van der Waals surface area contributed by atoms with Crippen LogP contribution >= 0.6 is 23.2 Å². The molecule has 1 aromatic rings. The maximum absolute atomic E-state index is 9.49. The smallest absolute Gasteiger partial charge is 0.189 e. The molecule has 7 heteroatoms. The quantitative estimate of drug-likeness (QED) is 0.407. The molecule has 24 heavy (non-hydrogen) atoms. The first-order chi connectivity index (χ1) is 11.5. The maximum atomic E-state index is 9.49. The Kier molecular flexibility index (Phi) is 7.62. The number of nitrogens with two attached hydrogens (primary N) is 1. The number of nitrogens with zero attached hydrogens (tertiary/aromatic N) is 2. The molecule has 1 fully saturated rings. The minimum atomic E-state index is -0.125. The largest absolute Gasteiger partial charge is 0.393 e. The van der Waals surface area contributed by atoms with Crippen LogP contribution in [0, 0.1) is 0 Å². The van der Waals surface area contributed by atoms with Crippen LogP contribution in [0.25, 0.3) is 0 Å². The second-order valence-corrected chi connectivity index (χ2v) is 7.07. The molecule has 1 unspecified atom stereocenters. The minimum absolute atomic E-state index is 0.0397. The molecular weight excluding hydrogens is 347 g/mol. The monoisotopic (exact) mass is 372 g/mol. The van der Waals surface area contributed by atoms with Crippen molar-refractivity contribution < 1.29 is 5.11 Å². The van der Waals surface area contributed by atoms with Crippen LogP contribution < -0.4 is 11.1 Å². The topological polar surface area (TPSA) is 73.9 Å². The summed E-state index contributed by atoms with van der Waals surface area (Å²) in [5.41, 5.74) is 6.89. The number of aliphatic hydroxyl groups excluding tert-OH is 1. The fraction of sp³-hybridized carbons (Fsp3) is 0.588. The van der Waals surface area contributed by atoms with Gasteiger partial charge in [0.25, 0.3) is 0 Å². The van der Waals surface area contributed by atoms with Gasteiger partial charge in [0.2, 0.25) is 0 Å². The summed E-state index contributed by atoms with van der Waals surface area (Å²) in [5.74, 6) is 0.419. The Labute approximate surface area is 153 Å². The molecule has 1 atom stereocenters. The molecule has 0 saturated carbocycles. The molecule has 0 aromatic heterocycles. The van der Waals surface area contributed by atoms with Crippen LogP contribution in [0.15, 0.2) is 23.2 Å². The first-order valence-electron chi connectivity index (χ1n) is 8.37. The van der Waals surface area contributed by atoms with E-state index in [4.69, 9.17) is 28.9 Å². The molecular formula is C17H26Cl2N4O. The number of rotatable bonds is 6. The number of nitrogens with one attached hydrogen (secondary N) is 1. The van der Waals surface area contributed by atoms with Gasteiger partial charge in [-0.3, -0.25) is 4.99 Å². The normalized spacial score (nSPS) is 18.6. The zero-order chi connectivity index (χ0) is 17.5. The van der Waals surface area contributed by atoms with Crippen LogP contribution in [-0.4, -0.2) is 48.2 Å². The van der Waals surface area contributed by atoms with E-state index in [1.165, 1.54) is 0 Å². The number of hydrogen-bond acceptors (Lipinski definition) is 3. The Balaban J connectivity index is 1.73. The van der Waals surface area contributed by atoms with Gasteiger partial charge in [-0.2, -0.15) is 0 Å². The van der Waals surface area contributed by atoms with Crippen molar-refractivity contribution >= 4 is 29.2 Å². The molecule has 0 bridgehead atoms. The van der Waals surface area contributed by atoms with Gasteiger partial charge in [-0.1, -0.05) is 29.3 Å². The van der Waals surface area contributed by atoms with E-state index >= 15 is 0 Å². The highest BCUT2D eigenvalue weighted by Gasteiger charge is 2.16. The molecule has 0 amide bonds. The van der Waals surface area contributed by atoms with Gasteiger partial charge >= 0.3 is 0 Å². The van der Waals surface area contributed by atoms with Crippen molar-refractivity contribution in [3.05, 3.63) is 33.8 Å². The number of benzene rings is 1. The average molecular weight is 373 g/mol. The molecule has 0 radical (unpaired) electrons. The maximum Gasteiger partial charge on any atom is 0.189 e. The zero-order valence-electron chi connectivity index (χ0n) is 14.0. The number of hydrogen-bond donors (Lipinski definition) is 3. The van der Waals surface area contributed by atoms with Crippen molar-refractivity contribution in [1.82, 2.24) is 10.2 Å². The lowest BCUT2D eigenvalue weighted by atomic mass is 10.1. The van der Waals surface area contributed by atoms with Crippen LogP contribution in [0.5, 0.6) is 0 Å². The highest BCUT2D eigenvalue weighted by Crippen LogP contribution is 2.25. The third-order valence-corrected chi connectivity index (χ3v) is 4.83. The van der Waals surface area contributed by atoms with Crippen molar-refractivity contribution in [2.24, 2.45) is 10.7 Å². The van der Waals surface area contributed by atoms with Gasteiger partial charge in [0.1, 0.15) is 0 Å². The number of likely N-dealkylation sites (tertiary alicyclic amines) is 1. The molecule has 5 nitrogen and oxygen atoms in total. The predicted octanol–water partition coefficient (Wildman–Crippen LogP) is 2.81. The first kappa shape index (κ1) is 19.3. The molecule has 134 valence electrons. The van der Waals surface area contributed by atoms with Crippen molar-refractivity contribution in [3.63, 3.8) is 0 Å². The van der Waals surface area contributed by atoms with Gasteiger partial charge in [0.15, 0.2) is 5.96 Å². The molecule has 0 aliphatic carbocycles. The summed E-state index contributed by atoms with van der Waals surface area (Å²) in [6.07, 6.45) is 2.56. The van der Waals surface area contributed by atoms with E-state index in [2.05, 4.69) is 15.2 Å². The lowest BCUT2D eigenvalue weighted by Gasteiger charge is -2.29. The third-order valence-electron chi connectivity index (χ3n) is 4.27. The van der Waals surface area contributed by atoms with Crippen molar-refractivity contribution in [1.29, 1.82) is 0 Å². The molecule has 0 spiro atoms. The Morgan fingerprint density at radius 3 is 2.79 bits per heavy atom. The van der Waals surface area contributed by atoms with E-state index < -0.39 is 0 Å². The molecule has 1 aromatic carbocycles. The molecule has 2 rings (SSSR count). The SMILES string of the molecule is CC(NC(N)=NCCCN1CCC(O)CC1)c1ccc(Cl)cc1Cl. The number of guanidine groups is 1. The second kappa shape index (κ2) is 9.47. The Bertz CT molecular complexity index is 560. The first-order valence-corrected chi connectivity index (χ1v) is 9.13. The van der Waals surface area contributed by atoms with Gasteiger partial charge in [0.05, 0.1) is 12.1 Å². The zero-order valence-corrected chi connectivity index (χ0v) is 15.5. The van der Waals surface area contributed by atoms with Gasteiger partial charge in [-0.05, 0) is 50.4 Å². The highest BCUT2D eigenvalue weighted by atomic mass is 35.5. The standard InChI is InChI=1S/C17H26Cl2N4O/c1-12(15-4-3-13(18)11-16(15)19)22-17(20)21-7-2-8-23-9-5-14(24)6-10-23/h3-4,11-12,14,24H,2,5-10H2,1H3,(H3,20,21,22). The number of aliphatic hydroxyl groups is 1. The lowest BCUT2D eigenvalue weighted by Crippen LogP contribution is -2.37. The van der Waals surface area contributed by atoms with Gasteiger partial charge in [-0.15, -0.1) is 0 Å². The highest BCUT2D eigenvalue weighted by molar-refractivity contribution is 6.35. The summed E-state index contributed by atoms with van der Waals surface area (Å²) in [6.45, 7) is 5.58. The number of aliphatic imine (C=N–C) groups is 1. The minimum Gasteiger partial charge on any atom is -0.393 e. The lowest BCUT2D eigenvalue weighted by molar-refractivity contribution is 0.0824. The van der Waals surface area contributed by atoms with Crippen molar-refractivity contribution in [3.8, 4) is 0 Å². The fourth-order valence-corrected chi connectivity index (χ4v) is 3.41. The summed E-state index contributed by atoms with van der Waals surface area (Å²) < 4.78 is 0. The van der Waals surface area contributed by atoms with E-state index in [0.29, 0.717) is 22.5 Å². The summed E-state index contributed by atoms with van der Waals surface area (Å²) >= 11 is 12.1. The molecule has 4 N–H and O–H groups in total. The third kappa shape index (κ3) is 6.13. The van der Waals surface area contributed by atoms with E-state index in [-0.39, 0.29) is 12.1 Å². The summed E-state index contributed by atoms with van der Waals surface area (Å²) in [5, 5.41) is 13.9. The van der Waals surface area contributed by atoms with Gasteiger partial charge < -0.3 is 21.1 Å². The fourth-order valence-electron chi connectivity index (χ4n) is 2.83. The second-order valence-electron chi connectivity index (χ2n) is 6.23. The average Bonchev–Trinajstić information content (AvgIpc) is 2.53. The Morgan fingerprint density at radius 1 is 1.42 bits per heavy atom. The number of halogens is 2. The van der Waals surface area contributed by atoms with Crippen LogP contribution in [-0.2, 0) is 0 Å².